The van der Waals surface area contributed by atoms with Gasteiger partial charge in [-0.3, -0.25) is 9.69 Å². The Bertz CT molecular complexity index is 1170. The number of carbonyl (C=O) groups is 1. The summed E-state index contributed by atoms with van der Waals surface area (Å²) in [5, 5.41) is 4.16. The van der Waals surface area contributed by atoms with Crippen molar-refractivity contribution in [3.05, 3.63) is 95.3 Å². The number of rotatable bonds is 5. The van der Waals surface area contributed by atoms with Crippen molar-refractivity contribution in [1.29, 1.82) is 0 Å². The fourth-order valence-electron chi connectivity index (χ4n) is 4.38. The number of halogens is 1. The van der Waals surface area contributed by atoms with Gasteiger partial charge >= 0.3 is 0 Å². The molecule has 0 aliphatic carbocycles. The molecule has 4 aromatic rings. The van der Waals surface area contributed by atoms with Crippen molar-refractivity contribution in [2.45, 2.75) is 24.8 Å². The van der Waals surface area contributed by atoms with E-state index in [-0.39, 0.29) is 11.7 Å². The summed E-state index contributed by atoms with van der Waals surface area (Å²) in [4.78, 5) is 20.4. The van der Waals surface area contributed by atoms with Crippen LogP contribution in [0.1, 0.15) is 35.4 Å². The fourth-order valence-corrected chi connectivity index (χ4v) is 5.51. The van der Waals surface area contributed by atoms with Crippen LogP contribution in [-0.4, -0.2) is 28.9 Å². The number of piperidine rings is 1. The maximum absolute atomic E-state index is 13.3. The number of benzene rings is 3. The van der Waals surface area contributed by atoms with Crippen LogP contribution in [-0.2, 0) is 4.79 Å². The Morgan fingerprint density at radius 2 is 1.66 bits per heavy atom. The minimum atomic E-state index is -0.391. The van der Waals surface area contributed by atoms with Crippen molar-refractivity contribution in [3.63, 3.8) is 0 Å². The van der Waals surface area contributed by atoms with Crippen LogP contribution < -0.4 is 5.32 Å². The molecule has 32 heavy (non-hydrogen) atoms. The van der Waals surface area contributed by atoms with Crippen molar-refractivity contribution >= 4 is 33.1 Å². The standard InChI is InChI=1S/C26H24FN3OS/c27-20-10-12-21(13-11-20)28-25(31)24(18-6-2-1-3-7-18)30-16-14-19(15-17-30)26-29-22-8-4-5-9-23(22)32-26/h1-13,19,24H,14-17H2,(H,28,31). The topological polar surface area (TPSA) is 45.2 Å². The molecule has 1 atom stereocenters. The molecular weight excluding hydrogens is 421 g/mol. The summed E-state index contributed by atoms with van der Waals surface area (Å²) in [5.41, 5.74) is 2.63. The Hall–Kier alpha value is -3.09. The maximum atomic E-state index is 13.3. The number of nitrogens with zero attached hydrogens (tertiary/aromatic N) is 2. The number of aromatic nitrogens is 1. The summed E-state index contributed by atoms with van der Waals surface area (Å²) in [7, 11) is 0. The van der Waals surface area contributed by atoms with Crippen molar-refractivity contribution in [1.82, 2.24) is 9.88 Å². The van der Waals surface area contributed by atoms with E-state index >= 15 is 0 Å². The van der Waals surface area contributed by atoms with E-state index < -0.39 is 6.04 Å². The lowest BCUT2D eigenvalue weighted by Crippen LogP contribution is -2.41. The van der Waals surface area contributed by atoms with Gasteiger partial charge in [-0.15, -0.1) is 11.3 Å². The summed E-state index contributed by atoms with van der Waals surface area (Å²) in [6.45, 7) is 1.63. The van der Waals surface area contributed by atoms with Crippen LogP contribution in [0, 0.1) is 5.82 Å². The van der Waals surface area contributed by atoms with Gasteiger partial charge in [0.2, 0.25) is 5.91 Å². The molecular formula is C26H24FN3OS. The zero-order chi connectivity index (χ0) is 21.9. The van der Waals surface area contributed by atoms with Gasteiger partial charge in [0.1, 0.15) is 11.9 Å². The van der Waals surface area contributed by atoms with Gasteiger partial charge in [-0.25, -0.2) is 9.37 Å². The van der Waals surface area contributed by atoms with Crippen molar-refractivity contribution < 1.29 is 9.18 Å². The number of carbonyl (C=O) groups excluding carboxylic acids is 1. The van der Waals surface area contributed by atoms with E-state index in [1.54, 1.807) is 23.5 Å². The van der Waals surface area contributed by atoms with Crippen LogP contribution in [0.3, 0.4) is 0 Å². The molecule has 0 saturated carbocycles. The molecule has 1 aromatic heterocycles. The maximum Gasteiger partial charge on any atom is 0.246 e. The van der Waals surface area contributed by atoms with Gasteiger partial charge in [0.15, 0.2) is 0 Å². The van der Waals surface area contributed by atoms with E-state index in [1.165, 1.54) is 21.8 Å². The number of fused-ring (bicyclic) bond motifs is 1. The molecule has 2 heterocycles. The molecule has 1 saturated heterocycles. The van der Waals surface area contributed by atoms with Crippen molar-refractivity contribution in [3.8, 4) is 0 Å². The van der Waals surface area contributed by atoms with Crippen LogP contribution in [0.5, 0.6) is 0 Å². The van der Waals surface area contributed by atoms with Crippen LogP contribution in [0.25, 0.3) is 10.2 Å². The summed E-state index contributed by atoms with van der Waals surface area (Å²) in [5.74, 6) is 0.000932. The fraction of sp³-hybridized carbons (Fsp3) is 0.231. The largest absolute Gasteiger partial charge is 0.324 e. The minimum Gasteiger partial charge on any atom is -0.324 e. The molecule has 1 fully saturated rings. The third-order valence-electron chi connectivity index (χ3n) is 6.03. The highest BCUT2D eigenvalue weighted by atomic mass is 32.1. The number of anilines is 1. The molecule has 1 N–H and O–H groups in total. The van der Waals surface area contributed by atoms with E-state index in [0.717, 1.165) is 37.0 Å². The van der Waals surface area contributed by atoms with E-state index in [9.17, 15) is 9.18 Å². The lowest BCUT2D eigenvalue weighted by molar-refractivity contribution is -0.122. The first kappa shape index (κ1) is 20.8. The van der Waals surface area contributed by atoms with Gasteiger partial charge in [-0.2, -0.15) is 0 Å². The second kappa shape index (κ2) is 9.18. The van der Waals surface area contributed by atoms with Gasteiger partial charge in [0.05, 0.1) is 15.2 Å². The van der Waals surface area contributed by atoms with Crippen LogP contribution >= 0.6 is 11.3 Å². The Morgan fingerprint density at radius 3 is 2.38 bits per heavy atom. The van der Waals surface area contributed by atoms with E-state index in [1.807, 2.05) is 36.4 Å². The zero-order valence-electron chi connectivity index (χ0n) is 17.6. The summed E-state index contributed by atoms with van der Waals surface area (Å²) in [6, 6.07) is 23.6. The summed E-state index contributed by atoms with van der Waals surface area (Å²) in [6.07, 6.45) is 1.93. The average Bonchev–Trinajstić information content (AvgIpc) is 3.26. The second-order valence-electron chi connectivity index (χ2n) is 8.14. The third kappa shape index (κ3) is 4.42. The molecule has 1 aliphatic rings. The summed E-state index contributed by atoms with van der Waals surface area (Å²) >= 11 is 1.78. The first-order valence-corrected chi connectivity index (χ1v) is 11.7. The van der Waals surface area contributed by atoms with Gasteiger partial charge in [-0.1, -0.05) is 42.5 Å². The molecule has 1 amide bonds. The Balaban J connectivity index is 1.33. The number of hydrogen-bond donors (Lipinski definition) is 1. The Morgan fingerprint density at radius 1 is 0.969 bits per heavy atom. The Kier molecular flexibility index (Phi) is 5.97. The highest BCUT2D eigenvalue weighted by Crippen LogP contribution is 2.36. The number of amides is 1. The molecule has 1 unspecified atom stereocenters. The first-order chi connectivity index (χ1) is 15.7. The van der Waals surface area contributed by atoms with Crippen molar-refractivity contribution in [2.24, 2.45) is 0 Å². The van der Waals surface area contributed by atoms with Gasteiger partial charge in [0, 0.05) is 11.6 Å². The summed E-state index contributed by atoms with van der Waals surface area (Å²) < 4.78 is 14.5. The Labute approximate surface area is 190 Å². The molecule has 1 aliphatic heterocycles. The number of hydrogen-bond acceptors (Lipinski definition) is 4. The van der Waals surface area contributed by atoms with Crippen LogP contribution in [0.4, 0.5) is 10.1 Å². The molecule has 0 bridgehead atoms. The normalized spacial score (nSPS) is 16.2. The van der Waals surface area contributed by atoms with Gasteiger partial charge < -0.3 is 5.32 Å². The van der Waals surface area contributed by atoms with Crippen LogP contribution in [0.2, 0.25) is 0 Å². The molecule has 5 rings (SSSR count). The van der Waals surface area contributed by atoms with E-state index in [2.05, 4.69) is 28.4 Å². The molecule has 6 heteroatoms. The minimum absolute atomic E-state index is 0.0961. The van der Waals surface area contributed by atoms with Crippen molar-refractivity contribution in [2.75, 3.05) is 18.4 Å². The van der Waals surface area contributed by atoms with Gasteiger partial charge in [-0.05, 0) is 67.9 Å². The zero-order valence-corrected chi connectivity index (χ0v) is 18.4. The first-order valence-electron chi connectivity index (χ1n) is 10.9. The monoisotopic (exact) mass is 445 g/mol. The number of likely N-dealkylation sites (tertiary alicyclic amines) is 1. The lowest BCUT2D eigenvalue weighted by Gasteiger charge is -2.36. The number of nitrogens with one attached hydrogen (secondary N) is 1. The van der Waals surface area contributed by atoms with Crippen LogP contribution in [0.15, 0.2) is 78.9 Å². The lowest BCUT2D eigenvalue weighted by atomic mass is 9.94. The molecule has 3 aromatic carbocycles. The molecule has 4 nitrogen and oxygen atoms in total. The molecule has 0 radical (unpaired) electrons. The SMILES string of the molecule is O=C(Nc1ccc(F)cc1)C(c1ccccc1)N1CCC(c2nc3ccccc3s2)CC1. The second-order valence-corrected chi connectivity index (χ2v) is 9.20. The number of para-hydroxylation sites is 1. The predicted molar refractivity (Wildman–Crippen MR) is 127 cm³/mol. The van der Waals surface area contributed by atoms with E-state index in [4.69, 9.17) is 4.98 Å². The number of thiazole rings is 1. The third-order valence-corrected chi connectivity index (χ3v) is 7.23. The highest BCUT2D eigenvalue weighted by Gasteiger charge is 2.32. The smallest absolute Gasteiger partial charge is 0.246 e. The predicted octanol–water partition coefficient (Wildman–Crippen LogP) is 5.99. The highest BCUT2D eigenvalue weighted by molar-refractivity contribution is 7.18. The van der Waals surface area contributed by atoms with Gasteiger partial charge in [0.25, 0.3) is 0 Å². The molecule has 162 valence electrons. The quantitative estimate of drug-likeness (QED) is 0.410. The molecule has 0 spiro atoms. The average molecular weight is 446 g/mol. The van der Waals surface area contributed by atoms with E-state index in [0.29, 0.717) is 11.6 Å².